The van der Waals surface area contributed by atoms with Crippen molar-refractivity contribution in [3.05, 3.63) is 29.3 Å². The molecule has 13 heavy (non-hydrogen) atoms. The van der Waals surface area contributed by atoms with E-state index < -0.39 is 5.41 Å². The molecule has 0 spiro atoms. The second kappa shape index (κ2) is 3.50. The van der Waals surface area contributed by atoms with E-state index in [2.05, 4.69) is 4.79 Å². The zero-order valence-electron chi connectivity index (χ0n) is 7.82. The monoisotopic (exact) mass is 176 g/mol. The van der Waals surface area contributed by atoms with Crippen molar-refractivity contribution in [2.45, 2.75) is 20.3 Å². The second-order valence-electron chi connectivity index (χ2n) is 3.58. The number of Topliss-reactive ketones (excluding diaryl/α,β-unsaturated/α-hetero) is 1. The number of nitrogens with zero attached hydrogens (tertiary/aromatic N) is 2. The van der Waals surface area contributed by atoms with Crippen molar-refractivity contribution in [1.29, 1.82) is 0 Å². The predicted molar refractivity (Wildman–Crippen MR) is 50.3 cm³/mol. The highest BCUT2D eigenvalue weighted by atomic mass is 16.1. The van der Waals surface area contributed by atoms with Crippen LogP contribution in [0.2, 0.25) is 0 Å². The Balaban J connectivity index is 2.91. The third-order valence-corrected chi connectivity index (χ3v) is 2.23. The fraction of sp³-hybridized carbons (Fsp3) is 0.400. The Morgan fingerprint density at radius 1 is 1.77 bits per heavy atom. The minimum atomic E-state index is -0.537. The molecule has 1 rings (SSSR count). The van der Waals surface area contributed by atoms with Gasteiger partial charge in [-0.05, 0) is 20.3 Å². The van der Waals surface area contributed by atoms with Gasteiger partial charge in [-0.25, -0.2) is 0 Å². The summed E-state index contributed by atoms with van der Waals surface area (Å²) >= 11 is 0. The summed E-state index contributed by atoms with van der Waals surface area (Å²) < 4.78 is 0. The van der Waals surface area contributed by atoms with Gasteiger partial charge in [-0.2, -0.15) is 4.79 Å². The van der Waals surface area contributed by atoms with E-state index in [1.807, 2.05) is 32.1 Å². The number of allylic oxidation sites excluding steroid dienone is 4. The molecule has 0 radical (unpaired) electrons. The van der Waals surface area contributed by atoms with Gasteiger partial charge in [-0.3, -0.25) is 4.79 Å². The maximum absolute atomic E-state index is 11.5. The second-order valence-corrected chi connectivity index (χ2v) is 3.58. The fourth-order valence-corrected chi connectivity index (χ4v) is 1.49. The van der Waals surface area contributed by atoms with Crippen molar-refractivity contribution in [1.82, 2.24) is 0 Å². The van der Waals surface area contributed by atoms with Crippen LogP contribution in [0, 0.1) is 5.41 Å². The lowest BCUT2D eigenvalue weighted by Crippen LogP contribution is -2.28. The predicted octanol–water partition coefficient (Wildman–Crippen LogP) is 1.77. The van der Waals surface area contributed by atoms with Gasteiger partial charge in [0.2, 0.25) is 5.78 Å². The Morgan fingerprint density at radius 2 is 2.46 bits per heavy atom. The lowest BCUT2D eigenvalue weighted by molar-refractivity contribution is -0.122. The van der Waals surface area contributed by atoms with Crippen LogP contribution < -0.4 is 0 Å². The summed E-state index contributed by atoms with van der Waals surface area (Å²) in [5, 5.41) is 0. The smallest absolute Gasteiger partial charge is 0.324 e. The summed E-state index contributed by atoms with van der Waals surface area (Å²) in [4.78, 5) is 14.2. The summed E-state index contributed by atoms with van der Waals surface area (Å²) in [6.45, 7) is 3.81. The Kier molecular flexibility index (Phi) is 2.59. The zero-order valence-corrected chi connectivity index (χ0v) is 7.82. The van der Waals surface area contributed by atoms with Crippen molar-refractivity contribution >= 4 is 12.0 Å². The Hall–Kier alpha value is -1.47. The van der Waals surface area contributed by atoms with Crippen molar-refractivity contribution in [2.24, 2.45) is 5.41 Å². The van der Waals surface area contributed by atoms with Crippen LogP contribution in [0.1, 0.15) is 20.3 Å². The maximum atomic E-state index is 11.5. The van der Waals surface area contributed by atoms with Crippen LogP contribution in [0.15, 0.2) is 23.8 Å². The molecule has 1 aliphatic rings. The van der Waals surface area contributed by atoms with Gasteiger partial charge in [0.15, 0.2) is 0 Å². The van der Waals surface area contributed by atoms with Gasteiger partial charge in [0, 0.05) is 0 Å². The van der Waals surface area contributed by atoms with E-state index in [4.69, 9.17) is 5.53 Å². The van der Waals surface area contributed by atoms with Crippen LogP contribution in [0.5, 0.6) is 0 Å². The summed E-state index contributed by atoms with van der Waals surface area (Å²) in [6.07, 6.45) is 7.33. The van der Waals surface area contributed by atoms with Crippen molar-refractivity contribution < 1.29 is 9.58 Å². The van der Waals surface area contributed by atoms with Crippen molar-refractivity contribution in [3.63, 3.8) is 0 Å². The van der Waals surface area contributed by atoms with Gasteiger partial charge < -0.3 is 5.53 Å². The van der Waals surface area contributed by atoms with Crippen molar-refractivity contribution in [2.75, 3.05) is 0 Å². The van der Waals surface area contributed by atoms with Gasteiger partial charge in [0.05, 0.1) is 5.41 Å². The minimum absolute atomic E-state index is 0.168. The van der Waals surface area contributed by atoms with Crippen LogP contribution in [0.3, 0.4) is 0 Å². The SMILES string of the molecule is CC1=CC=CC(C)(C(=O)C=[N+]=[N-])C1. The molecule has 0 saturated carbocycles. The number of rotatable bonds is 2. The normalized spacial score (nSPS) is 26.2. The van der Waals surface area contributed by atoms with Gasteiger partial charge in [0.1, 0.15) is 0 Å². The van der Waals surface area contributed by atoms with Gasteiger partial charge in [-0.15, -0.1) is 0 Å². The standard InChI is InChI=1S/C10H12N2O/c1-8-4-3-5-10(2,6-8)9(13)7-12-11/h3-5,7H,6H2,1-2H3. The van der Waals surface area contributed by atoms with E-state index in [9.17, 15) is 4.79 Å². The lowest BCUT2D eigenvalue weighted by Gasteiger charge is -2.23. The lowest BCUT2D eigenvalue weighted by atomic mass is 9.77. The van der Waals surface area contributed by atoms with E-state index in [1.54, 1.807) is 0 Å². The zero-order chi connectivity index (χ0) is 9.90. The number of carbonyl (C=O) groups excluding carboxylic acids is 1. The largest absolute Gasteiger partial charge is 0.361 e. The first-order valence-electron chi connectivity index (χ1n) is 4.15. The minimum Gasteiger partial charge on any atom is -0.361 e. The van der Waals surface area contributed by atoms with Crippen LogP contribution in [-0.4, -0.2) is 16.8 Å². The van der Waals surface area contributed by atoms with E-state index in [0.29, 0.717) is 6.42 Å². The summed E-state index contributed by atoms with van der Waals surface area (Å²) in [6, 6.07) is 0. The quantitative estimate of drug-likeness (QED) is 0.359. The first kappa shape index (κ1) is 9.62. The van der Waals surface area contributed by atoms with Crippen LogP contribution in [-0.2, 0) is 4.79 Å². The highest BCUT2D eigenvalue weighted by Crippen LogP contribution is 2.31. The molecule has 3 heteroatoms. The number of hydrogen-bond donors (Lipinski definition) is 0. The van der Waals surface area contributed by atoms with Gasteiger partial charge in [-0.1, -0.05) is 23.8 Å². The average Bonchev–Trinajstić information content (AvgIpc) is 2.04. The molecule has 0 bridgehead atoms. The Labute approximate surface area is 77.4 Å². The molecular formula is C10H12N2O. The molecule has 0 N–H and O–H groups in total. The van der Waals surface area contributed by atoms with Crippen LogP contribution in [0.25, 0.3) is 5.53 Å². The molecular weight excluding hydrogens is 164 g/mol. The molecule has 0 fully saturated rings. The molecule has 0 saturated heterocycles. The molecule has 0 aromatic heterocycles. The van der Waals surface area contributed by atoms with E-state index in [-0.39, 0.29) is 5.78 Å². The number of carbonyl (C=O) groups is 1. The topological polar surface area (TPSA) is 53.5 Å². The third kappa shape index (κ3) is 2.01. The Morgan fingerprint density at radius 3 is 3.00 bits per heavy atom. The maximum Gasteiger partial charge on any atom is 0.324 e. The molecule has 68 valence electrons. The molecule has 3 nitrogen and oxygen atoms in total. The van der Waals surface area contributed by atoms with E-state index >= 15 is 0 Å². The Bertz CT molecular complexity index is 335. The summed E-state index contributed by atoms with van der Waals surface area (Å²) in [5.41, 5.74) is 8.88. The molecule has 0 heterocycles. The molecule has 0 aromatic carbocycles. The third-order valence-electron chi connectivity index (χ3n) is 2.23. The highest BCUT2D eigenvalue weighted by molar-refractivity contribution is 6.28. The first-order valence-corrected chi connectivity index (χ1v) is 4.15. The van der Waals surface area contributed by atoms with E-state index in [0.717, 1.165) is 11.8 Å². The van der Waals surface area contributed by atoms with E-state index in [1.165, 1.54) is 0 Å². The summed E-state index contributed by atoms with van der Waals surface area (Å²) in [5.74, 6) is -0.168. The number of hydrogen-bond acceptors (Lipinski definition) is 1. The van der Waals surface area contributed by atoms with Crippen LogP contribution >= 0.6 is 0 Å². The van der Waals surface area contributed by atoms with Crippen molar-refractivity contribution in [3.8, 4) is 0 Å². The molecule has 1 aliphatic carbocycles. The van der Waals surface area contributed by atoms with Gasteiger partial charge in [0.25, 0.3) is 0 Å². The molecule has 0 aromatic rings. The molecule has 1 unspecified atom stereocenters. The number of ketones is 1. The van der Waals surface area contributed by atoms with Crippen LogP contribution in [0.4, 0.5) is 0 Å². The molecule has 0 aliphatic heterocycles. The first-order chi connectivity index (χ1) is 6.08. The molecule has 0 amide bonds. The highest BCUT2D eigenvalue weighted by Gasteiger charge is 2.32. The molecule has 1 atom stereocenters. The fourth-order valence-electron chi connectivity index (χ4n) is 1.49. The van der Waals surface area contributed by atoms with Gasteiger partial charge >= 0.3 is 6.21 Å². The average molecular weight is 176 g/mol. The summed E-state index contributed by atoms with van der Waals surface area (Å²) in [7, 11) is 0.